The van der Waals surface area contributed by atoms with Gasteiger partial charge in [-0.05, 0) is 25.8 Å². The van der Waals surface area contributed by atoms with Crippen molar-refractivity contribution >= 4 is 11.8 Å². The highest BCUT2D eigenvalue weighted by atomic mass is 16.3. The second-order valence-corrected chi connectivity index (χ2v) is 4.98. The van der Waals surface area contributed by atoms with Crippen molar-refractivity contribution in [3.05, 3.63) is 35.4 Å². The lowest BCUT2D eigenvalue weighted by Gasteiger charge is -2.19. The highest BCUT2D eigenvalue weighted by molar-refractivity contribution is 5.89. The molecular formula is C15H22N2O4. The van der Waals surface area contributed by atoms with Crippen molar-refractivity contribution in [3.8, 4) is 0 Å². The van der Waals surface area contributed by atoms with Crippen LogP contribution in [0.15, 0.2) is 24.3 Å². The number of hydrogen-bond acceptors (Lipinski definition) is 4. The number of ketones is 1. The Bertz CT molecular complexity index is 488. The van der Waals surface area contributed by atoms with E-state index in [1.54, 1.807) is 0 Å². The van der Waals surface area contributed by atoms with E-state index in [2.05, 4.69) is 10.6 Å². The predicted molar refractivity (Wildman–Crippen MR) is 79.0 cm³/mol. The molecule has 0 bridgehead atoms. The number of carbonyl (C=O) groups is 2. The average molecular weight is 294 g/mol. The predicted octanol–water partition coefficient (Wildman–Crippen LogP) is 0.148. The summed E-state index contributed by atoms with van der Waals surface area (Å²) >= 11 is 0. The molecule has 0 aliphatic carbocycles. The molecule has 0 heterocycles. The molecule has 0 aliphatic rings. The van der Waals surface area contributed by atoms with Crippen LogP contribution in [0.5, 0.6) is 0 Å². The van der Waals surface area contributed by atoms with Gasteiger partial charge in [-0.25, -0.2) is 4.79 Å². The molecule has 1 aromatic carbocycles. The SMILES string of the molecule is Cc1cccc(CCNC(=O)N[C@H](C(=O)CO)[C@@H](C)O)c1. The first-order valence-corrected chi connectivity index (χ1v) is 6.85. The molecule has 0 spiro atoms. The Morgan fingerprint density at radius 3 is 2.62 bits per heavy atom. The van der Waals surface area contributed by atoms with Gasteiger partial charge in [-0.15, -0.1) is 0 Å². The number of urea groups is 1. The molecule has 2 atom stereocenters. The number of aliphatic hydroxyl groups is 2. The lowest BCUT2D eigenvalue weighted by Crippen LogP contribution is -2.52. The first kappa shape index (κ1) is 17.1. The minimum atomic E-state index is -1.10. The fraction of sp³-hybridized carbons (Fsp3) is 0.467. The van der Waals surface area contributed by atoms with E-state index in [-0.39, 0.29) is 0 Å². The van der Waals surface area contributed by atoms with Gasteiger partial charge in [-0.3, -0.25) is 4.79 Å². The standard InChI is InChI=1S/C15H22N2O4/c1-10-4-3-5-12(8-10)6-7-16-15(21)17-14(11(2)19)13(20)9-18/h3-5,8,11,14,18-19H,6-7,9H2,1-2H3,(H2,16,17,21)/t11-,14+/m1/s1. The van der Waals surface area contributed by atoms with Crippen LogP contribution < -0.4 is 10.6 Å². The van der Waals surface area contributed by atoms with Crippen molar-refractivity contribution in [1.82, 2.24) is 10.6 Å². The average Bonchev–Trinajstić information content (AvgIpc) is 2.43. The van der Waals surface area contributed by atoms with Crippen molar-refractivity contribution in [2.75, 3.05) is 13.2 Å². The largest absolute Gasteiger partial charge is 0.391 e. The summed E-state index contributed by atoms with van der Waals surface area (Å²) in [6.07, 6.45) is -0.394. The third-order valence-corrected chi connectivity index (χ3v) is 3.05. The summed E-state index contributed by atoms with van der Waals surface area (Å²) in [5.41, 5.74) is 2.26. The number of carbonyl (C=O) groups excluding carboxylic acids is 2. The molecule has 0 fully saturated rings. The van der Waals surface area contributed by atoms with E-state index in [1.165, 1.54) is 6.92 Å². The number of amides is 2. The summed E-state index contributed by atoms with van der Waals surface area (Å²) in [7, 11) is 0. The fourth-order valence-electron chi connectivity index (χ4n) is 1.95. The highest BCUT2D eigenvalue weighted by Gasteiger charge is 2.24. The van der Waals surface area contributed by atoms with Crippen molar-refractivity contribution in [3.63, 3.8) is 0 Å². The van der Waals surface area contributed by atoms with Gasteiger partial charge >= 0.3 is 6.03 Å². The topological polar surface area (TPSA) is 98.7 Å². The summed E-state index contributed by atoms with van der Waals surface area (Å²) in [6.45, 7) is 3.07. The number of benzene rings is 1. The molecule has 6 nitrogen and oxygen atoms in total. The quantitative estimate of drug-likeness (QED) is 0.575. The number of aryl methyl sites for hydroxylation is 1. The van der Waals surface area contributed by atoms with E-state index >= 15 is 0 Å². The minimum absolute atomic E-state index is 0.412. The molecule has 6 heteroatoms. The van der Waals surface area contributed by atoms with Gasteiger partial charge in [0, 0.05) is 6.54 Å². The molecule has 21 heavy (non-hydrogen) atoms. The van der Waals surface area contributed by atoms with Crippen LogP contribution in [0.2, 0.25) is 0 Å². The Labute approximate surface area is 124 Å². The monoisotopic (exact) mass is 294 g/mol. The normalized spacial score (nSPS) is 13.3. The summed E-state index contributed by atoms with van der Waals surface area (Å²) in [4.78, 5) is 23.0. The third kappa shape index (κ3) is 5.93. The molecule has 0 aliphatic heterocycles. The van der Waals surface area contributed by atoms with Crippen molar-refractivity contribution in [1.29, 1.82) is 0 Å². The lowest BCUT2D eigenvalue weighted by atomic mass is 10.1. The van der Waals surface area contributed by atoms with Gasteiger partial charge in [0.05, 0.1) is 6.10 Å². The van der Waals surface area contributed by atoms with E-state index < -0.39 is 30.6 Å². The molecule has 0 saturated heterocycles. The smallest absolute Gasteiger partial charge is 0.315 e. The van der Waals surface area contributed by atoms with Crippen LogP contribution in [-0.4, -0.2) is 47.3 Å². The number of hydrogen-bond donors (Lipinski definition) is 4. The zero-order valence-corrected chi connectivity index (χ0v) is 12.3. The maximum absolute atomic E-state index is 11.7. The number of nitrogens with one attached hydrogen (secondary N) is 2. The van der Waals surface area contributed by atoms with Crippen LogP contribution in [0, 0.1) is 6.92 Å². The molecule has 1 aromatic rings. The Hall–Kier alpha value is -1.92. The van der Waals surface area contributed by atoms with Crippen LogP contribution in [0.25, 0.3) is 0 Å². The molecule has 4 N–H and O–H groups in total. The van der Waals surface area contributed by atoms with Gasteiger partial charge in [-0.2, -0.15) is 0 Å². The first-order chi connectivity index (χ1) is 9.93. The summed E-state index contributed by atoms with van der Waals surface area (Å²) in [6, 6.07) is 6.31. The Kier molecular flexibility index (Phi) is 6.84. The van der Waals surface area contributed by atoms with Crippen LogP contribution in [0.4, 0.5) is 4.79 Å². The molecule has 0 aromatic heterocycles. The summed E-state index contributed by atoms with van der Waals surface area (Å²) < 4.78 is 0. The minimum Gasteiger partial charge on any atom is -0.391 e. The highest BCUT2D eigenvalue weighted by Crippen LogP contribution is 2.03. The van der Waals surface area contributed by atoms with Gasteiger partial charge < -0.3 is 20.8 Å². The van der Waals surface area contributed by atoms with E-state index in [0.29, 0.717) is 13.0 Å². The molecular weight excluding hydrogens is 272 g/mol. The maximum atomic E-state index is 11.7. The second-order valence-electron chi connectivity index (χ2n) is 4.98. The molecule has 0 radical (unpaired) electrons. The van der Waals surface area contributed by atoms with Crippen LogP contribution in [0.1, 0.15) is 18.1 Å². The van der Waals surface area contributed by atoms with Gasteiger partial charge in [0.15, 0.2) is 5.78 Å². The molecule has 0 saturated carbocycles. The third-order valence-electron chi connectivity index (χ3n) is 3.05. The Morgan fingerprint density at radius 1 is 1.33 bits per heavy atom. The molecule has 1 rings (SSSR count). The Morgan fingerprint density at radius 2 is 2.05 bits per heavy atom. The van der Waals surface area contributed by atoms with E-state index in [1.807, 2.05) is 31.2 Å². The van der Waals surface area contributed by atoms with Crippen molar-refractivity contribution in [2.45, 2.75) is 32.4 Å². The fourth-order valence-corrected chi connectivity index (χ4v) is 1.95. The lowest BCUT2D eigenvalue weighted by molar-refractivity contribution is -0.125. The zero-order valence-electron chi connectivity index (χ0n) is 12.3. The zero-order chi connectivity index (χ0) is 15.8. The van der Waals surface area contributed by atoms with Crippen molar-refractivity contribution < 1.29 is 19.8 Å². The molecule has 0 unspecified atom stereocenters. The summed E-state index contributed by atoms with van der Waals surface area (Å²) in [5, 5.41) is 23.2. The first-order valence-electron chi connectivity index (χ1n) is 6.85. The van der Waals surface area contributed by atoms with Gasteiger partial charge in [0.25, 0.3) is 0 Å². The second kappa shape index (κ2) is 8.39. The van der Waals surface area contributed by atoms with Crippen LogP contribution >= 0.6 is 0 Å². The van der Waals surface area contributed by atoms with Crippen LogP contribution in [0.3, 0.4) is 0 Å². The Balaban J connectivity index is 2.41. The molecule has 116 valence electrons. The summed E-state index contributed by atoms with van der Waals surface area (Å²) in [5.74, 6) is -0.626. The number of Topliss-reactive ketones (excluding diaryl/α,β-unsaturated/α-hetero) is 1. The number of aliphatic hydroxyl groups excluding tert-OH is 2. The van der Waals surface area contributed by atoms with Gasteiger partial charge in [0.2, 0.25) is 0 Å². The van der Waals surface area contributed by atoms with Crippen LogP contribution in [-0.2, 0) is 11.2 Å². The maximum Gasteiger partial charge on any atom is 0.315 e. The van der Waals surface area contributed by atoms with Gasteiger partial charge in [-0.1, -0.05) is 29.8 Å². The van der Waals surface area contributed by atoms with Gasteiger partial charge in [0.1, 0.15) is 12.6 Å². The van der Waals surface area contributed by atoms with Crippen molar-refractivity contribution in [2.24, 2.45) is 0 Å². The van der Waals surface area contributed by atoms with E-state index in [0.717, 1.165) is 11.1 Å². The van der Waals surface area contributed by atoms with E-state index in [9.17, 15) is 14.7 Å². The molecule has 2 amide bonds. The number of rotatable bonds is 7. The van der Waals surface area contributed by atoms with E-state index in [4.69, 9.17) is 5.11 Å².